The van der Waals surface area contributed by atoms with Crippen LogP contribution in [-0.2, 0) is 6.42 Å². The van der Waals surface area contributed by atoms with Crippen LogP contribution in [0.3, 0.4) is 0 Å². The number of hydrogen-bond acceptors (Lipinski definition) is 4. The van der Waals surface area contributed by atoms with Crippen LogP contribution in [0.25, 0.3) is 11.0 Å². The van der Waals surface area contributed by atoms with Crippen molar-refractivity contribution in [3.05, 3.63) is 68.5 Å². The Morgan fingerprint density at radius 3 is 2.69 bits per heavy atom. The summed E-state index contributed by atoms with van der Waals surface area (Å²) in [5.74, 6) is 0.160. The van der Waals surface area contributed by atoms with Crippen molar-refractivity contribution < 1.29 is 13.9 Å². The largest absolute Gasteiger partial charge is 0.496 e. The molecule has 0 fully saturated rings. The predicted molar refractivity (Wildman–Crippen MR) is 105 cm³/mol. The quantitative estimate of drug-likeness (QED) is 0.609. The summed E-state index contributed by atoms with van der Waals surface area (Å²) in [4.78, 5) is 25.0. The summed E-state index contributed by atoms with van der Waals surface area (Å²) in [5, 5.41) is 3.41. The molecule has 0 saturated carbocycles. The van der Waals surface area contributed by atoms with Gasteiger partial charge in [0.1, 0.15) is 16.9 Å². The minimum Gasteiger partial charge on any atom is -0.496 e. The molecule has 2 aromatic carbocycles. The third-order valence-electron chi connectivity index (χ3n) is 4.05. The number of carbonyl (C=O) groups is 1. The fraction of sp³-hybridized carbons (Fsp3) is 0.200. The summed E-state index contributed by atoms with van der Waals surface area (Å²) >= 11 is 3.37. The van der Waals surface area contributed by atoms with E-state index >= 15 is 0 Å². The third kappa shape index (κ3) is 3.51. The minimum atomic E-state index is -0.673. The van der Waals surface area contributed by atoms with Crippen molar-refractivity contribution in [2.75, 3.05) is 12.4 Å². The number of fused-ring (bicyclic) bond motifs is 1. The average Bonchev–Trinajstić information content (AvgIpc) is 2.63. The number of halogens is 1. The zero-order chi connectivity index (χ0) is 18.7. The lowest BCUT2D eigenvalue weighted by molar-refractivity contribution is 0.102. The van der Waals surface area contributed by atoms with E-state index in [4.69, 9.17) is 9.15 Å². The van der Waals surface area contributed by atoms with E-state index in [0.717, 1.165) is 16.5 Å². The molecule has 1 heterocycles. The van der Waals surface area contributed by atoms with Gasteiger partial charge in [0, 0.05) is 15.4 Å². The number of nitrogens with one attached hydrogen (secondary N) is 1. The Balaban J connectivity index is 2.05. The summed E-state index contributed by atoms with van der Waals surface area (Å²) in [6, 6.07) is 12.4. The molecule has 5 nitrogen and oxygen atoms in total. The van der Waals surface area contributed by atoms with Gasteiger partial charge in [0.05, 0.1) is 12.8 Å². The van der Waals surface area contributed by atoms with E-state index in [1.165, 1.54) is 0 Å². The molecule has 134 valence electrons. The lowest BCUT2D eigenvalue weighted by Gasteiger charge is -2.11. The number of hydrogen-bond donors (Lipinski definition) is 1. The van der Waals surface area contributed by atoms with Crippen LogP contribution in [-0.4, -0.2) is 13.0 Å². The standard InChI is InChI=1S/C20H18BrNO4/c1-3-6-13-17(25-2)10-9-12-11-14(20(24)26-18(12)13)19(23)22-16-8-5-4-7-15(16)21/h4-5,7-11H,3,6H2,1-2H3,(H,22,23). The van der Waals surface area contributed by atoms with Gasteiger partial charge in [-0.25, -0.2) is 4.79 Å². The Morgan fingerprint density at radius 1 is 1.23 bits per heavy atom. The number of anilines is 1. The van der Waals surface area contributed by atoms with Gasteiger partial charge in [-0.15, -0.1) is 0 Å². The number of amides is 1. The molecule has 1 amide bonds. The van der Waals surface area contributed by atoms with Crippen molar-refractivity contribution in [3.63, 3.8) is 0 Å². The number of ether oxygens (including phenoxy) is 1. The van der Waals surface area contributed by atoms with Gasteiger partial charge in [0.2, 0.25) is 0 Å². The average molecular weight is 416 g/mol. The molecule has 0 aliphatic rings. The Labute approximate surface area is 159 Å². The highest BCUT2D eigenvalue weighted by Gasteiger charge is 2.18. The van der Waals surface area contributed by atoms with Crippen molar-refractivity contribution in [3.8, 4) is 5.75 Å². The molecule has 3 aromatic rings. The van der Waals surface area contributed by atoms with Crippen molar-refractivity contribution in [2.45, 2.75) is 19.8 Å². The van der Waals surface area contributed by atoms with Gasteiger partial charge in [-0.3, -0.25) is 4.79 Å². The van der Waals surface area contributed by atoms with Gasteiger partial charge >= 0.3 is 5.63 Å². The maximum Gasteiger partial charge on any atom is 0.349 e. The summed E-state index contributed by atoms with van der Waals surface area (Å²) in [6.07, 6.45) is 1.59. The molecule has 0 aliphatic carbocycles. The van der Waals surface area contributed by atoms with Crippen molar-refractivity contribution in [2.24, 2.45) is 0 Å². The fourth-order valence-corrected chi connectivity index (χ4v) is 3.20. The molecule has 1 aromatic heterocycles. The number of para-hydroxylation sites is 1. The molecule has 0 atom stereocenters. The second-order valence-corrected chi connectivity index (χ2v) is 6.65. The maximum absolute atomic E-state index is 12.5. The van der Waals surface area contributed by atoms with Crippen LogP contribution in [0.5, 0.6) is 5.75 Å². The second kappa shape index (κ2) is 7.74. The highest BCUT2D eigenvalue weighted by molar-refractivity contribution is 9.10. The van der Waals surface area contributed by atoms with Crippen LogP contribution < -0.4 is 15.7 Å². The van der Waals surface area contributed by atoms with Crippen LogP contribution in [0.4, 0.5) is 5.69 Å². The number of rotatable bonds is 5. The van der Waals surface area contributed by atoms with Crippen LogP contribution in [0, 0.1) is 0 Å². The van der Waals surface area contributed by atoms with Gasteiger partial charge < -0.3 is 14.5 Å². The zero-order valence-electron chi connectivity index (χ0n) is 14.5. The van der Waals surface area contributed by atoms with E-state index in [1.807, 2.05) is 25.1 Å². The van der Waals surface area contributed by atoms with E-state index in [1.54, 1.807) is 31.4 Å². The first-order chi connectivity index (χ1) is 12.5. The smallest absolute Gasteiger partial charge is 0.349 e. The molecule has 6 heteroatoms. The Morgan fingerprint density at radius 2 is 2.00 bits per heavy atom. The molecule has 0 unspecified atom stereocenters. The molecule has 26 heavy (non-hydrogen) atoms. The van der Waals surface area contributed by atoms with Gasteiger partial charge in [0.25, 0.3) is 5.91 Å². The number of aryl methyl sites for hydroxylation is 1. The molecular formula is C20H18BrNO4. The Kier molecular flexibility index (Phi) is 5.42. The SMILES string of the molecule is CCCc1c(OC)ccc2cc(C(=O)Nc3ccccc3Br)c(=O)oc12. The van der Waals surface area contributed by atoms with E-state index in [9.17, 15) is 9.59 Å². The number of carbonyl (C=O) groups excluding carboxylic acids is 1. The first-order valence-electron chi connectivity index (χ1n) is 8.24. The fourth-order valence-electron chi connectivity index (χ4n) is 2.81. The Hall–Kier alpha value is -2.60. The van der Waals surface area contributed by atoms with Gasteiger partial charge in [-0.05, 0) is 52.7 Å². The van der Waals surface area contributed by atoms with E-state index in [-0.39, 0.29) is 5.56 Å². The molecule has 0 saturated heterocycles. The van der Waals surface area contributed by atoms with Crippen molar-refractivity contribution in [1.29, 1.82) is 0 Å². The van der Waals surface area contributed by atoms with E-state index < -0.39 is 11.5 Å². The number of benzene rings is 2. The topological polar surface area (TPSA) is 68.5 Å². The van der Waals surface area contributed by atoms with Crippen LogP contribution in [0.1, 0.15) is 29.3 Å². The van der Waals surface area contributed by atoms with Crippen LogP contribution in [0.2, 0.25) is 0 Å². The third-order valence-corrected chi connectivity index (χ3v) is 4.74. The first-order valence-corrected chi connectivity index (χ1v) is 9.04. The second-order valence-electron chi connectivity index (χ2n) is 5.80. The molecule has 3 rings (SSSR count). The van der Waals surface area contributed by atoms with Crippen molar-refractivity contribution in [1.82, 2.24) is 0 Å². The summed E-state index contributed by atoms with van der Waals surface area (Å²) in [6.45, 7) is 2.04. The zero-order valence-corrected chi connectivity index (χ0v) is 16.1. The highest BCUT2D eigenvalue weighted by atomic mass is 79.9. The monoisotopic (exact) mass is 415 g/mol. The number of methoxy groups -OCH3 is 1. The van der Waals surface area contributed by atoms with Gasteiger partial charge in [-0.1, -0.05) is 25.5 Å². The van der Waals surface area contributed by atoms with E-state index in [2.05, 4.69) is 21.2 Å². The summed E-state index contributed by atoms with van der Waals surface area (Å²) < 4.78 is 11.6. The van der Waals surface area contributed by atoms with Crippen LogP contribution in [0.15, 0.2) is 56.1 Å². The lowest BCUT2D eigenvalue weighted by Crippen LogP contribution is -2.21. The highest BCUT2D eigenvalue weighted by Crippen LogP contribution is 2.29. The molecule has 0 bridgehead atoms. The van der Waals surface area contributed by atoms with E-state index in [0.29, 0.717) is 28.8 Å². The maximum atomic E-state index is 12.5. The summed E-state index contributed by atoms with van der Waals surface area (Å²) in [7, 11) is 1.58. The summed E-state index contributed by atoms with van der Waals surface area (Å²) in [5.41, 5.74) is 1.17. The van der Waals surface area contributed by atoms with Crippen molar-refractivity contribution >= 4 is 38.5 Å². The minimum absolute atomic E-state index is 0.0409. The van der Waals surface area contributed by atoms with Gasteiger partial charge in [-0.2, -0.15) is 0 Å². The first kappa shape index (κ1) is 18.2. The Bertz CT molecular complexity index is 1030. The normalized spacial score (nSPS) is 10.7. The molecular weight excluding hydrogens is 398 g/mol. The molecule has 0 radical (unpaired) electrons. The van der Waals surface area contributed by atoms with Gasteiger partial charge in [0.15, 0.2) is 0 Å². The molecule has 0 aliphatic heterocycles. The molecule has 0 spiro atoms. The van der Waals surface area contributed by atoms with Crippen LogP contribution >= 0.6 is 15.9 Å². The predicted octanol–water partition coefficient (Wildman–Crippen LogP) is 4.77. The lowest BCUT2D eigenvalue weighted by atomic mass is 10.0. The molecule has 1 N–H and O–H groups in total.